The summed E-state index contributed by atoms with van der Waals surface area (Å²) in [5.41, 5.74) is 0.387. The summed E-state index contributed by atoms with van der Waals surface area (Å²) in [5.74, 6) is 0. The van der Waals surface area contributed by atoms with Crippen LogP contribution in [0.5, 0.6) is 0 Å². The van der Waals surface area contributed by atoms with Crippen molar-refractivity contribution in [3.63, 3.8) is 0 Å². The van der Waals surface area contributed by atoms with Crippen molar-refractivity contribution >= 4 is 0 Å². The van der Waals surface area contributed by atoms with Crippen LogP contribution in [0.15, 0.2) is 0 Å². The van der Waals surface area contributed by atoms with E-state index in [0.29, 0.717) is 5.54 Å². The standard InChI is InChI=1S/C13H26N2O/c1-12(6-3-4-8-15-12)10-14-11-13(2)7-5-9-16-13/h14-15H,3-11H2,1-2H3. The first-order valence-electron chi connectivity index (χ1n) is 6.72. The van der Waals surface area contributed by atoms with Crippen molar-refractivity contribution in [1.82, 2.24) is 10.6 Å². The smallest absolute Gasteiger partial charge is 0.0779 e. The molecule has 2 heterocycles. The first-order valence-corrected chi connectivity index (χ1v) is 6.72. The Kier molecular flexibility index (Phi) is 3.88. The highest BCUT2D eigenvalue weighted by Crippen LogP contribution is 2.24. The van der Waals surface area contributed by atoms with E-state index in [1.54, 1.807) is 0 Å². The Bertz CT molecular complexity index is 218. The number of hydrogen-bond donors (Lipinski definition) is 2. The number of rotatable bonds is 4. The van der Waals surface area contributed by atoms with E-state index >= 15 is 0 Å². The lowest BCUT2D eigenvalue weighted by Gasteiger charge is -2.36. The average molecular weight is 226 g/mol. The van der Waals surface area contributed by atoms with Gasteiger partial charge in [0.2, 0.25) is 0 Å². The largest absolute Gasteiger partial charge is 0.374 e. The minimum absolute atomic E-state index is 0.0883. The van der Waals surface area contributed by atoms with Crippen LogP contribution >= 0.6 is 0 Å². The van der Waals surface area contributed by atoms with Crippen LogP contribution in [0.1, 0.15) is 46.0 Å². The van der Waals surface area contributed by atoms with Crippen molar-refractivity contribution in [3.05, 3.63) is 0 Å². The molecule has 2 aliphatic rings. The van der Waals surface area contributed by atoms with E-state index in [9.17, 15) is 0 Å². The first-order chi connectivity index (χ1) is 7.62. The van der Waals surface area contributed by atoms with Gasteiger partial charge in [-0.3, -0.25) is 0 Å². The zero-order valence-corrected chi connectivity index (χ0v) is 10.8. The summed E-state index contributed by atoms with van der Waals surface area (Å²) in [6, 6.07) is 0. The average Bonchev–Trinajstić information content (AvgIpc) is 2.66. The van der Waals surface area contributed by atoms with Gasteiger partial charge in [0.05, 0.1) is 5.60 Å². The third-order valence-corrected chi connectivity index (χ3v) is 4.02. The summed E-state index contributed by atoms with van der Waals surface area (Å²) in [7, 11) is 0. The summed E-state index contributed by atoms with van der Waals surface area (Å²) in [6.45, 7) is 8.72. The van der Waals surface area contributed by atoms with Crippen LogP contribution in [0.2, 0.25) is 0 Å². The van der Waals surface area contributed by atoms with E-state index in [-0.39, 0.29) is 5.60 Å². The van der Waals surface area contributed by atoms with Crippen LogP contribution in [-0.2, 0) is 4.74 Å². The molecule has 0 aromatic rings. The fourth-order valence-corrected chi connectivity index (χ4v) is 2.85. The van der Waals surface area contributed by atoms with E-state index in [1.807, 2.05) is 0 Å². The molecule has 2 rings (SSSR count). The van der Waals surface area contributed by atoms with E-state index in [1.165, 1.54) is 38.6 Å². The van der Waals surface area contributed by atoms with Gasteiger partial charge in [-0.25, -0.2) is 0 Å². The Labute approximate surface area is 99.3 Å². The van der Waals surface area contributed by atoms with Crippen LogP contribution < -0.4 is 10.6 Å². The second kappa shape index (κ2) is 5.03. The van der Waals surface area contributed by atoms with Gasteiger partial charge in [0, 0.05) is 25.2 Å². The molecule has 94 valence electrons. The first kappa shape index (κ1) is 12.3. The molecule has 2 fully saturated rings. The molecule has 3 nitrogen and oxygen atoms in total. The third-order valence-electron chi connectivity index (χ3n) is 4.02. The monoisotopic (exact) mass is 226 g/mol. The number of piperidine rings is 1. The van der Waals surface area contributed by atoms with Crippen LogP contribution in [0.3, 0.4) is 0 Å². The van der Waals surface area contributed by atoms with Gasteiger partial charge in [-0.15, -0.1) is 0 Å². The van der Waals surface area contributed by atoms with Crippen molar-refractivity contribution in [2.24, 2.45) is 0 Å². The maximum absolute atomic E-state index is 5.78. The molecule has 3 heteroatoms. The molecule has 0 radical (unpaired) electrons. The van der Waals surface area contributed by atoms with E-state index in [0.717, 1.165) is 19.7 Å². The van der Waals surface area contributed by atoms with E-state index < -0.39 is 0 Å². The molecule has 2 aliphatic heterocycles. The Hall–Kier alpha value is -0.120. The molecule has 2 atom stereocenters. The molecular weight excluding hydrogens is 200 g/mol. The van der Waals surface area contributed by atoms with Crippen LogP contribution in [0, 0.1) is 0 Å². The van der Waals surface area contributed by atoms with E-state index in [4.69, 9.17) is 4.74 Å². The lowest BCUT2D eigenvalue weighted by molar-refractivity contribution is 0.0194. The second-order valence-electron chi connectivity index (χ2n) is 5.95. The van der Waals surface area contributed by atoms with Crippen LogP contribution in [0.25, 0.3) is 0 Å². The van der Waals surface area contributed by atoms with Crippen molar-refractivity contribution < 1.29 is 4.74 Å². The highest BCUT2D eigenvalue weighted by Gasteiger charge is 2.31. The molecule has 2 N–H and O–H groups in total. The summed E-state index contributed by atoms with van der Waals surface area (Å²) in [6.07, 6.45) is 6.39. The summed E-state index contributed by atoms with van der Waals surface area (Å²) >= 11 is 0. The molecule has 0 spiro atoms. The van der Waals surface area contributed by atoms with Gasteiger partial charge in [0.1, 0.15) is 0 Å². The Morgan fingerprint density at radius 2 is 2.00 bits per heavy atom. The number of ether oxygens (including phenoxy) is 1. The van der Waals surface area contributed by atoms with Gasteiger partial charge in [0.15, 0.2) is 0 Å². The van der Waals surface area contributed by atoms with Crippen molar-refractivity contribution in [2.45, 2.75) is 57.1 Å². The summed E-state index contributed by atoms with van der Waals surface area (Å²) in [5, 5.41) is 7.22. The van der Waals surface area contributed by atoms with Gasteiger partial charge in [0.25, 0.3) is 0 Å². The topological polar surface area (TPSA) is 33.3 Å². The molecule has 0 amide bonds. The van der Waals surface area contributed by atoms with E-state index in [2.05, 4.69) is 24.5 Å². The number of nitrogens with one attached hydrogen (secondary N) is 2. The highest BCUT2D eigenvalue weighted by atomic mass is 16.5. The van der Waals surface area contributed by atoms with Gasteiger partial charge in [-0.05, 0) is 46.1 Å². The predicted molar refractivity (Wildman–Crippen MR) is 66.7 cm³/mol. The fourth-order valence-electron chi connectivity index (χ4n) is 2.85. The predicted octanol–water partition coefficient (Wildman–Crippen LogP) is 1.68. The zero-order valence-electron chi connectivity index (χ0n) is 10.8. The SMILES string of the molecule is CC1(CNCC2(C)CCCO2)CCCCN1. The highest BCUT2D eigenvalue weighted by molar-refractivity contribution is 4.90. The molecule has 2 saturated heterocycles. The fraction of sp³-hybridized carbons (Fsp3) is 1.00. The third kappa shape index (κ3) is 3.19. The van der Waals surface area contributed by atoms with Gasteiger partial charge in [-0.1, -0.05) is 6.42 Å². The molecule has 0 aromatic heterocycles. The molecule has 2 unspecified atom stereocenters. The number of hydrogen-bond acceptors (Lipinski definition) is 3. The molecule has 0 aliphatic carbocycles. The Balaban J connectivity index is 1.70. The Morgan fingerprint density at radius 3 is 2.62 bits per heavy atom. The van der Waals surface area contributed by atoms with Gasteiger partial charge >= 0.3 is 0 Å². The maximum Gasteiger partial charge on any atom is 0.0779 e. The quantitative estimate of drug-likeness (QED) is 0.765. The normalized spacial score (nSPS) is 40.1. The molecule has 0 bridgehead atoms. The van der Waals surface area contributed by atoms with Crippen LogP contribution in [0.4, 0.5) is 0 Å². The minimum Gasteiger partial charge on any atom is -0.374 e. The van der Waals surface area contributed by atoms with Crippen molar-refractivity contribution in [1.29, 1.82) is 0 Å². The van der Waals surface area contributed by atoms with Crippen molar-refractivity contribution in [2.75, 3.05) is 26.2 Å². The minimum atomic E-state index is 0.0883. The molecular formula is C13H26N2O. The lowest BCUT2D eigenvalue weighted by Crippen LogP contribution is -2.54. The molecule has 16 heavy (non-hydrogen) atoms. The van der Waals surface area contributed by atoms with Gasteiger partial charge in [-0.2, -0.15) is 0 Å². The van der Waals surface area contributed by atoms with Gasteiger partial charge < -0.3 is 15.4 Å². The zero-order chi connectivity index (χ0) is 11.5. The molecule has 0 aromatic carbocycles. The second-order valence-corrected chi connectivity index (χ2v) is 5.95. The summed E-state index contributed by atoms with van der Waals surface area (Å²) < 4.78 is 5.78. The lowest BCUT2D eigenvalue weighted by atomic mass is 9.90. The molecule has 0 saturated carbocycles. The van der Waals surface area contributed by atoms with Crippen LogP contribution in [-0.4, -0.2) is 37.4 Å². The van der Waals surface area contributed by atoms with Crippen molar-refractivity contribution in [3.8, 4) is 0 Å². The maximum atomic E-state index is 5.78. The summed E-state index contributed by atoms with van der Waals surface area (Å²) in [4.78, 5) is 0. The Morgan fingerprint density at radius 1 is 1.12 bits per heavy atom.